The number of hydrogen-bond acceptors (Lipinski definition) is 2. The van der Waals surface area contributed by atoms with Gasteiger partial charge in [-0.25, -0.2) is 0 Å². The molecule has 0 radical (unpaired) electrons. The average molecular weight is 298 g/mol. The highest BCUT2D eigenvalue weighted by atomic mass is 79.9. The smallest absolute Gasteiger partial charge is 0.187 e. The first-order chi connectivity index (χ1) is 7.74. The molecular formula is C11H12BrN3S. The zero-order chi connectivity index (χ0) is 11.8. The molecule has 0 aliphatic carbocycles. The summed E-state index contributed by atoms with van der Waals surface area (Å²) in [6, 6.07) is 7.80. The molecule has 1 rings (SSSR count). The van der Waals surface area contributed by atoms with Crippen LogP contribution in [0.15, 0.2) is 46.5 Å². The summed E-state index contributed by atoms with van der Waals surface area (Å²) in [6.07, 6.45) is 3.43. The maximum Gasteiger partial charge on any atom is 0.187 e. The lowest BCUT2D eigenvalue weighted by Crippen LogP contribution is -2.31. The summed E-state index contributed by atoms with van der Waals surface area (Å²) in [6.45, 7) is 4.20. The Labute approximate surface area is 109 Å². The largest absolute Gasteiger partial charge is 0.358 e. The summed E-state index contributed by atoms with van der Waals surface area (Å²) in [5.41, 5.74) is 3.70. The molecule has 3 nitrogen and oxygen atoms in total. The molecule has 0 aromatic heterocycles. The van der Waals surface area contributed by atoms with Gasteiger partial charge < -0.3 is 5.32 Å². The molecule has 0 saturated heterocycles. The number of nitrogens with zero attached hydrogens (tertiary/aromatic N) is 1. The molecule has 5 heteroatoms. The second kappa shape index (κ2) is 7.14. The van der Waals surface area contributed by atoms with Crippen molar-refractivity contribution in [2.45, 2.75) is 0 Å². The van der Waals surface area contributed by atoms with Gasteiger partial charge >= 0.3 is 0 Å². The highest BCUT2D eigenvalue weighted by Crippen LogP contribution is 2.13. The van der Waals surface area contributed by atoms with Crippen LogP contribution in [0.1, 0.15) is 5.56 Å². The van der Waals surface area contributed by atoms with Crippen molar-refractivity contribution >= 4 is 39.5 Å². The molecule has 1 aromatic carbocycles. The van der Waals surface area contributed by atoms with E-state index in [4.69, 9.17) is 12.2 Å². The van der Waals surface area contributed by atoms with E-state index in [1.807, 2.05) is 24.3 Å². The first-order valence-electron chi connectivity index (χ1n) is 4.66. The fraction of sp³-hybridized carbons (Fsp3) is 0.0909. The lowest BCUT2D eigenvalue weighted by molar-refractivity contribution is 0.941. The third kappa shape index (κ3) is 4.55. The fourth-order valence-corrected chi connectivity index (χ4v) is 1.47. The maximum absolute atomic E-state index is 4.97. The van der Waals surface area contributed by atoms with Gasteiger partial charge in [0.15, 0.2) is 5.11 Å². The number of hydrazone groups is 1. The highest BCUT2D eigenvalue weighted by molar-refractivity contribution is 9.10. The normalized spacial score (nSPS) is 10.1. The quantitative estimate of drug-likeness (QED) is 0.388. The van der Waals surface area contributed by atoms with Crippen molar-refractivity contribution in [3.63, 3.8) is 0 Å². The van der Waals surface area contributed by atoms with Crippen molar-refractivity contribution in [3.8, 4) is 0 Å². The molecule has 0 bridgehead atoms. The Balaban J connectivity index is 2.46. The summed E-state index contributed by atoms with van der Waals surface area (Å²) < 4.78 is 0.991. The Bertz CT molecular complexity index is 404. The molecule has 0 unspecified atom stereocenters. The summed E-state index contributed by atoms with van der Waals surface area (Å²) in [4.78, 5) is 0. The van der Waals surface area contributed by atoms with Crippen molar-refractivity contribution in [2.24, 2.45) is 5.10 Å². The molecule has 16 heavy (non-hydrogen) atoms. The van der Waals surface area contributed by atoms with E-state index in [9.17, 15) is 0 Å². The first kappa shape index (κ1) is 12.9. The summed E-state index contributed by atoms with van der Waals surface area (Å²) in [5.74, 6) is 0. The van der Waals surface area contributed by atoms with Crippen LogP contribution >= 0.6 is 28.1 Å². The topological polar surface area (TPSA) is 36.4 Å². The van der Waals surface area contributed by atoms with E-state index in [-0.39, 0.29) is 0 Å². The predicted octanol–water partition coefficient (Wildman–Crippen LogP) is 2.43. The van der Waals surface area contributed by atoms with Crippen molar-refractivity contribution in [1.82, 2.24) is 10.7 Å². The Morgan fingerprint density at radius 1 is 1.50 bits per heavy atom. The van der Waals surface area contributed by atoms with Crippen molar-refractivity contribution in [1.29, 1.82) is 0 Å². The minimum atomic E-state index is 0.475. The van der Waals surface area contributed by atoms with E-state index in [0.717, 1.165) is 10.0 Å². The van der Waals surface area contributed by atoms with Crippen LogP contribution in [0.3, 0.4) is 0 Å². The average Bonchev–Trinajstić information content (AvgIpc) is 2.29. The van der Waals surface area contributed by atoms with Crippen LogP contribution in [-0.4, -0.2) is 17.9 Å². The van der Waals surface area contributed by atoms with Crippen LogP contribution in [0.2, 0.25) is 0 Å². The van der Waals surface area contributed by atoms with Gasteiger partial charge in [0.1, 0.15) is 0 Å². The molecule has 0 aliphatic heterocycles. The van der Waals surface area contributed by atoms with Crippen LogP contribution < -0.4 is 10.7 Å². The molecule has 0 atom stereocenters. The molecule has 2 N–H and O–H groups in total. The number of nitrogens with one attached hydrogen (secondary N) is 2. The molecular weight excluding hydrogens is 286 g/mol. The number of benzene rings is 1. The lowest BCUT2D eigenvalue weighted by atomic mass is 10.2. The van der Waals surface area contributed by atoms with Gasteiger partial charge in [0.2, 0.25) is 0 Å². The number of halogens is 1. The van der Waals surface area contributed by atoms with Crippen molar-refractivity contribution < 1.29 is 0 Å². The second-order valence-electron chi connectivity index (χ2n) is 2.89. The molecule has 0 heterocycles. The summed E-state index contributed by atoms with van der Waals surface area (Å²) in [7, 11) is 0. The van der Waals surface area contributed by atoms with Crippen LogP contribution in [0.5, 0.6) is 0 Å². The van der Waals surface area contributed by atoms with Gasteiger partial charge in [-0.2, -0.15) is 5.10 Å². The monoisotopic (exact) mass is 297 g/mol. The molecule has 0 amide bonds. The molecule has 0 spiro atoms. The third-order valence-electron chi connectivity index (χ3n) is 1.68. The van der Waals surface area contributed by atoms with Gasteiger partial charge in [0.05, 0.1) is 6.21 Å². The van der Waals surface area contributed by atoms with E-state index in [1.54, 1.807) is 12.3 Å². The minimum absolute atomic E-state index is 0.475. The Morgan fingerprint density at radius 3 is 2.94 bits per heavy atom. The van der Waals surface area contributed by atoms with Crippen molar-refractivity contribution in [2.75, 3.05) is 6.54 Å². The van der Waals surface area contributed by atoms with Gasteiger partial charge in [-0.1, -0.05) is 40.2 Å². The Morgan fingerprint density at radius 2 is 2.25 bits per heavy atom. The van der Waals surface area contributed by atoms with Gasteiger partial charge in [0.25, 0.3) is 0 Å². The molecule has 1 aromatic rings. The lowest BCUT2D eigenvalue weighted by Gasteiger charge is -2.03. The maximum atomic E-state index is 4.97. The minimum Gasteiger partial charge on any atom is -0.358 e. The second-order valence-corrected chi connectivity index (χ2v) is 4.15. The van der Waals surface area contributed by atoms with Crippen LogP contribution in [0.25, 0.3) is 0 Å². The van der Waals surface area contributed by atoms with Crippen LogP contribution in [-0.2, 0) is 0 Å². The van der Waals surface area contributed by atoms with E-state index in [0.29, 0.717) is 11.7 Å². The number of hydrogen-bond donors (Lipinski definition) is 2. The van der Waals surface area contributed by atoms with Gasteiger partial charge in [-0.15, -0.1) is 6.58 Å². The number of rotatable bonds is 4. The van der Waals surface area contributed by atoms with Gasteiger partial charge in [0, 0.05) is 16.6 Å². The summed E-state index contributed by atoms with van der Waals surface area (Å²) in [5, 5.41) is 7.40. The molecule has 0 fully saturated rings. The Kier molecular flexibility index (Phi) is 5.74. The zero-order valence-electron chi connectivity index (χ0n) is 8.61. The Hall–Kier alpha value is -1.20. The predicted molar refractivity (Wildman–Crippen MR) is 75.7 cm³/mol. The standard InChI is InChI=1S/C11H12BrN3S/c1-2-7-13-11(16)15-14-8-9-5-3-4-6-10(9)12/h2-6,8H,1,7H2,(H2,13,15,16)/b14-8+. The molecule has 0 saturated carbocycles. The van der Waals surface area contributed by atoms with Gasteiger partial charge in [-0.3, -0.25) is 5.43 Å². The van der Waals surface area contributed by atoms with E-state index in [1.165, 1.54) is 0 Å². The molecule has 84 valence electrons. The van der Waals surface area contributed by atoms with E-state index < -0.39 is 0 Å². The SMILES string of the molecule is C=CCNC(=S)N/N=C/c1ccccc1Br. The summed E-state index contributed by atoms with van der Waals surface area (Å²) >= 11 is 8.40. The fourth-order valence-electron chi connectivity index (χ4n) is 0.945. The van der Waals surface area contributed by atoms with Gasteiger partial charge in [-0.05, 0) is 18.3 Å². The van der Waals surface area contributed by atoms with Crippen molar-refractivity contribution in [3.05, 3.63) is 47.0 Å². The third-order valence-corrected chi connectivity index (χ3v) is 2.64. The van der Waals surface area contributed by atoms with Crippen LogP contribution in [0.4, 0.5) is 0 Å². The van der Waals surface area contributed by atoms with E-state index in [2.05, 4.69) is 38.4 Å². The molecule has 0 aliphatic rings. The van der Waals surface area contributed by atoms with E-state index >= 15 is 0 Å². The number of thiocarbonyl (C=S) groups is 1. The highest BCUT2D eigenvalue weighted by Gasteiger charge is 1.93. The van der Waals surface area contributed by atoms with Crippen LogP contribution in [0, 0.1) is 0 Å². The first-order valence-corrected chi connectivity index (χ1v) is 5.86. The zero-order valence-corrected chi connectivity index (χ0v) is 11.0.